The number of hydrogen-bond acceptors (Lipinski definition) is 5. The maximum atomic E-state index is 12.4. The molecule has 1 aromatic carbocycles. The molecular formula is C16H19N3O3S. The fourth-order valence-electron chi connectivity index (χ4n) is 2.81. The lowest BCUT2D eigenvalue weighted by molar-refractivity contribution is 0.602. The highest BCUT2D eigenvalue weighted by Crippen LogP contribution is 2.23. The molecule has 0 saturated carbocycles. The quantitative estimate of drug-likeness (QED) is 0.821. The SMILES string of the molecule is Cc1nc2c(c(=O)n1C)CN(c1ccc(S(C)(=O)=O)cc1)CC2. The smallest absolute Gasteiger partial charge is 0.258 e. The molecule has 6 nitrogen and oxygen atoms in total. The molecule has 0 amide bonds. The summed E-state index contributed by atoms with van der Waals surface area (Å²) in [6, 6.07) is 6.78. The van der Waals surface area contributed by atoms with Crippen LogP contribution in [0.4, 0.5) is 5.69 Å². The Hall–Kier alpha value is -2.15. The van der Waals surface area contributed by atoms with Crippen molar-refractivity contribution < 1.29 is 8.42 Å². The molecule has 0 fully saturated rings. The van der Waals surface area contributed by atoms with E-state index in [0.717, 1.165) is 29.3 Å². The number of aryl methyl sites for hydroxylation is 1. The van der Waals surface area contributed by atoms with Crippen molar-refractivity contribution in [3.8, 4) is 0 Å². The summed E-state index contributed by atoms with van der Waals surface area (Å²) in [5.74, 6) is 0.722. The number of hydrogen-bond donors (Lipinski definition) is 0. The highest BCUT2D eigenvalue weighted by atomic mass is 32.2. The van der Waals surface area contributed by atoms with Crippen LogP contribution < -0.4 is 10.5 Å². The Kier molecular flexibility index (Phi) is 3.75. The number of fused-ring (bicyclic) bond motifs is 1. The average Bonchev–Trinajstić information content (AvgIpc) is 2.52. The number of aromatic nitrogens is 2. The summed E-state index contributed by atoms with van der Waals surface area (Å²) in [7, 11) is -1.47. The predicted octanol–water partition coefficient (Wildman–Crippen LogP) is 1.05. The van der Waals surface area contributed by atoms with Crippen LogP contribution in [-0.2, 0) is 29.9 Å². The topological polar surface area (TPSA) is 72.3 Å². The van der Waals surface area contributed by atoms with Gasteiger partial charge in [0.2, 0.25) is 0 Å². The molecule has 2 heterocycles. The molecule has 0 saturated heterocycles. The van der Waals surface area contributed by atoms with E-state index in [4.69, 9.17) is 0 Å². The van der Waals surface area contributed by atoms with Gasteiger partial charge < -0.3 is 4.90 Å². The summed E-state index contributed by atoms with van der Waals surface area (Å²) in [5.41, 5.74) is 2.49. The molecule has 0 radical (unpaired) electrons. The highest BCUT2D eigenvalue weighted by Gasteiger charge is 2.22. The highest BCUT2D eigenvalue weighted by molar-refractivity contribution is 7.90. The third-order valence-corrected chi connectivity index (χ3v) is 5.42. The normalized spacial score (nSPS) is 14.7. The van der Waals surface area contributed by atoms with Crippen molar-refractivity contribution >= 4 is 15.5 Å². The predicted molar refractivity (Wildman–Crippen MR) is 88.5 cm³/mol. The van der Waals surface area contributed by atoms with Gasteiger partial charge in [-0.05, 0) is 31.2 Å². The van der Waals surface area contributed by atoms with E-state index in [9.17, 15) is 13.2 Å². The first kappa shape index (κ1) is 15.7. The lowest BCUT2D eigenvalue weighted by Gasteiger charge is -2.30. The summed E-state index contributed by atoms with van der Waals surface area (Å²) in [6.07, 6.45) is 1.90. The Morgan fingerprint density at radius 1 is 1.17 bits per heavy atom. The Morgan fingerprint density at radius 3 is 2.43 bits per heavy atom. The van der Waals surface area contributed by atoms with Crippen LogP contribution in [0.1, 0.15) is 17.1 Å². The van der Waals surface area contributed by atoms with Gasteiger partial charge in [0.25, 0.3) is 5.56 Å². The first-order valence-corrected chi connectivity index (χ1v) is 9.27. The molecule has 1 aliphatic heterocycles. The Labute approximate surface area is 135 Å². The summed E-state index contributed by atoms with van der Waals surface area (Å²) < 4.78 is 24.6. The molecule has 7 heteroatoms. The van der Waals surface area contributed by atoms with Crippen LogP contribution in [0.5, 0.6) is 0 Å². The Bertz CT molecular complexity index is 915. The van der Waals surface area contributed by atoms with E-state index in [-0.39, 0.29) is 5.56 Å². The van der Waals surface area contributed by atoms with Crippen molar-refractivity contribution in [2.75, 3.05) is 17.7 Å². The maximum absolute atomic E-state index is 12.4. The zero-order valence-corrected chi connectivity index (χ0v) is 14.2. The van der Waals surface area contributed by atoms with Crippen molar-refractivity contribution in [3.63, 3.8) is 0 Å². The van der Waals surface area contributed by atoms with Crippen LogP contribution in [0.3, 0.4) is 0 Å². The van der Waals surface area contributed by atoms with Crippen molar-refractivity contribution in [1.82, 2.24) is 9.55 Å². The van der Waals surface area contributed by atoms with E-state index < -0.39 is 9.84 Å². The summed E-state index contributed by atoms with van der Waals surface area (Å²) in [5, 5.41) is 0. The number of benzene rings is 1. The fourth-order valence-corrected chi connectivity index (χ4v) is 3.44. The molecule has 0 aliphatic carbocycles. The van der Waals surface area contributed by atoms with Gasteiger partial charge in [-0.1, -0.05) is 0 Å². The Balaban J connectivity index is 1.93. The van der Waals surface area contributed by atoms with Crippen LogP contribution in [0.25, 0.3) is 0 Å². The van der Waals surface area contributed by atoms with E-state index >= 15 is 0 Å². The second kappa shape index (κ2) is 5.49. The Morgan fingerprint density at radius 2 is 1.83 bits per heavy atom. The lowest BCUT2D eigenvalue weighted by atomic mass is 10.1. The molecule has 122 valence electrons. The summed E-state index contributed by atoms with van der Waals surface area (Å²) in [4.78, 5) is 19.3. The second-order valence-electron chi connectivity index (χ2n) is 5.89. The molecule has 1 aromatic heterocycles. The van der Waals surface area contributed by atoms with E-state index in [1.165, 1.54) is 6.26 Å². The molecule has 0 bridgehead atoms. The lowest BCUT2D eigenvalue weighted by Crippen LogP contribution is -2.38. The van der Waals surface area contributed by atoms with Gasteiger partial charge in [-0.3, -0.25) is 9.36 Å². The molecule has 1 aliphatic rings. The van der Waals surface area contributed by atoms with Crippen molar-refractivity contribution in [2.45, 2.75) is 24.8 Å². The van der Waals surface area contributed by atoms with E-state index in [0.29, 0.717) is 17.9 Å². The molecule has 2 aromatic rings. The fraction of sp³-hybridized carbons (Fsp3) is 0.375. The molecule has 23 heavy (non-hydrogen) atoms. The molecule has 0 N–H and O–H groups in total. The first-order chi connectivity index (χ1) is 10.8. The largest absolute Gasteiger partial charge is 0.367 e. The number of rotatable bonds is 2. The summed E-state index contributed by atoms with van der Waals surface area (Å²) in [6.45, 7) is 3.08. The monoisotopic (exact) mass is 333 g/mol. The van der Waals surface area contributed by atoms with E-state index in [2.05, 4.69) is 9.88 Å². The van der Waals surface area contributed by atoms with E-state index in [1.807, 2.05) is 6.92 Å². The van der Waals surface area contributed by atoms with Gasteiger partial charge in [-0.15, -0.1) is 0 Å². The number of nitrogens with zero attached hydrogens (tertiary/aromatic N) is 3. The van der Waals surface area contributed by atoms with Crippen LogP contribution in [0.15, 0.2) is 34.0 Å². The van der Waals surface area contributed by atoms with Gasteiger partial charge in [-0.2, -0.15) is 0 Å². The third-order valence-electron chi connectivity index (χ3n) is 4.29. The first-order valence-electron chi connectivity index (χ1n) is 7.38. The van der Waals surface area contributed by atoms with Gasteiger partial charge >= 0.3 is 0 Å². The van der Waals surface area contributed by atoms with Crippen LogP contribution in [0, 0.1) is 6.92 Å². The zero-order valence-electron chi connectivity index (χ0n) is 13.4. The minimum absolute atomic E-state index is 0.00930. The minimum Gasteiger partial charge on any atom is -0.367 e. The van der Waals surface area contributed by atoms with Gasteiger partial charge in [0.1, 0.15) is 5.82 Å². The molecule has 3 rings (SSSR count). The van der Waals surface area contributed by atoms with Crippen LogP contribution in [-0.4, -0.2) is 30.8 Å². The molecule has 0 spiro atoms. The van der Waals surface area contributed by atoms with Crippen LogP contribution >= 0.6 is 0 Å². The van der Waals surface area contributed by atoms with Gasteiger partial charge in [0, 0.05) is 32.0 Å². The minimum atomic E-state index is -3.20. The third kappa shape index (κ3) is 2.88. The second-order valence-corrected chi connectivity index (χ2v) is 7.90. The van der Waals surface area contributed by atoms with Crippen molar-refractivity contribution in [3.05, 3.63) is 51.7 Å². The standard InChI is InChI=1S/C16H19N3O3S/c1-11-17-15-8-9-19(10-14(15)16(20)18(11)2)12-4-6-13(7-5-12)23(3,21)22/h4-7H,8-10H2,1-3H3. The number of anilines is 1. The zero-order chi connectivity index (χ0) is 16.8. The average molecular weight is 333 g/mol. The van der Waals surface area contributed by atoms with Gasteiger partial charge in [0.15, 0.2) is 9.84 Å². The molecular weight excluding hydrogens is 314 g/mol. The van der Waals surface area contributed by atoms with Gasteiger partial charge in [0.05, 0.1) is 22.7 Å². The number of sulfone groups is 1. The van der Waals surface area contributed by atoms with Crippen molar-refractivity contribution in [2.24, 2.45) is 7.05 Å². The van der Waals surface area contributed by atoms with Gasteiger partial charge in [-0.25, -0.2) is 13.4 Å². The van der Waals surface area contributed by atoms with Crippen molar-refractivity contribution in [1.29, 1.82) is 0 Å². The molecule has 0 atom stereocenters. The maximum Gasteiger partial charge on any atom is 0.258 e. The summed E-state index contributed by atoms with van der Waals surface area (Å²) >= 11 is 0. The molecule has 0 unspecified atom stereocenters. The van der Waals surface area contributed by atoms with E-state index in [1.54, 1.807) is 35.9 Å². The van der Waals surface area contributed by atoms with Crippen LogP contribution in [0.2, 0.25) is 0 Å².